The molecule has 24 heavy (non-hydrogen) atoms. The third kappa shape index (κ3) is 4.03. The topological polar surface area (TPSA) is 62.4 Å². The number of hydrogen-bond acceptors (Lipinski definition) is 5. The van der Waals surface area contributed by atoms with Crippen molar-refractivity contribution in [2.75, 3.05) is 32.7 Å². The zero-order chi connectivity index (χ0) is 17.1. The summed E-state index contributed by atoms with van der Waals surface area (Å²) in [5, 5.41) is 18.9. The zero-order valence-corrected chi connectivity index (χ0v) is 14.9. The number of piperazine rings is 1. The third-order valence-corrected chi connectivity index (χ3v) is 4.93. The zero-order valence-electron chi connectivity index (χ0n) is 14.9. The summed E-state index contributed by atoms with van der Waals surface area (Å²) in [6.07, 6.45) is 3.26. The number of aliphatic hydroxyl groups excluding tert-OH is 1. The number of aryl methyl sites for hydroxylation is 2. The van der Waals surface area contributed by atoms with Crippen LogP contribution >= 0.6 is 0 Å². The van der Waals surface area contributed by atoms with Gasteiger partial charge in [0, 0.05) is 70.0 Å². The quantitative estimate of drug-likeness (QED) is 0.830. The Labute approximate surface area is 143 Å². The number of rotatable bonds is 6. The predicted molar refractivity (Wildman–Crippen MR) is 92.6 cm³/mol. The molecule has 1 atom stereocenters. The van der Waals surface area contributed by atoms with Gasteiger partial charge < -0.3 is 5.11 Å². The Hall–Kier alpha value is -1.70. The Morgan fingerprint density at radius 2 is 1.83 bits per heavy atom. The maximum atomic E-state index is 10.2. The van der Waals surface area contributed by atoms with Gasteiger partial charge in [-0.3, -0.25) is 19.2 Å². The fourth-order valence-corrected chi connectivity index (χ4v) is 3.38. The number of aliphatic hydroxyl groups is 1. The summed E-state index contributed by atoms with van der Waals surface area (Å²) in [5.74, 6) is 0. The predicted octanol–water partition coefficient (Wildman–Crippen LogP) is 0.412. The Bertz CT molecular complexity index is 642. The van der Waals surface area contributed by atoms with Gasteiger partial charge >= 0.3 is 0 Å². The van der Waals surface area contributed by atoms with E-state index < -0.39 is 0 Å². The van der Waals surface area contributed by atoms with Crippen LogP contribution in [0.25, 0.3) is 0 Å². The molecule has 0 radical (unpaired) electrons. The monoisotopic (exact) mass is 332 g/mol. The van der Waals surface area contributed by atoms with E-state index in [1.807, 2.05) is 24.0 Å². The Morgan fingerprint density at radius 1 is 1.12 bits per heavy atom. The van der Waals surface area contributed by atoms with Gasteiger partial charge in [-0.2, -0.15) is 10.2 Å². The van der Waals surface area contributed by atoms with Crippen molar-refractivity contribution in [1.29, 1.82) is 0 Å². The first-order valence-corrected chi connectivity index (χ1v) is 8.62. The Morgan fingerprint density at radius 3 is 2.42 bits per heavy atom. The molecule has 1 N–H and O–H groups in total. The van der Waals surface area contributed by atoms with Crippen LogP contribution in [0.5, 0.6) is 0 Å². The molecule has 1 unspecified atom stereocenters. The van der Waals surface area contributed by atoms with Crippen LogP contribution < -0.4 is 0 Å². The maximum Gasteiger partial charge on any atom is 0.0862 e. The average molecular weight is 332 g/mol. The van der Waals surface area contributed by atoms with Crippen LogP contribution in [0, 0.1) is 13.8 Å². The standard InChI is InChI=1S/C17H28N6O/c1-14-17(15(2)20(3)19-14)13-22-9-7-21(8-10-22)11-16(24)12-23-6-4-5-18-23/h4-6,16,24H,7-13H2,1-3H3. The van der Waals surface area contributed by atoms with E-state index in [2.05, 4.69) is 33.8 Å². The summed E-state index contributed by atoms with van der Waals surface area (Å²) in [4.78, 5) is 4.82. The lowest BCUT2D eigenvalue weighted by Gasteiger charge is -2.35. The van der Waals surface area contributed by atoms with Gasteiger partial charge in [0.05, 0.1) is 18.3 Å². The van der Waals surface area contributed by atoms with Crippen molar-refractivity contribution in [3.8, 4) is 0 Å². The lowest BCUT2D eigenvalue weighted by molar-refractivity contribution is 0.0604. The fourth-order valence-electron chi connectivity index (χ4n) is 3.38. The van der Waals surface area contributed by atoms with Gasteiger partial charge in [-0.25, -0.2) is 0 Å². The Balaban J connectivity index is 1.45. The molecule has 0 saturated carbocycles. The van der Waals surface area contributed by atoms with Crippen molar-refractivity contribution in [3.63, 3.8) is 0 Å². The third-order valence-electron chi connectivity index (χ3n) is 4.93. The van der Waals surface area contributed by atoms with Crippen LogP contribution in [0.4, 0.5) is 0 Å². The second-order valence-electron chi connectivity index (χ2n) is 6.73. The highest BCUT2D eigenvalue weighted by atomic mass is 16.3. The van der Waals surface area contributed by atoms with Gasteiger partial charge in [0.25, 0.3) is 0 Å². The minimum absolute atomic E-state index is 0.376. The largest absolute Gasteiger partial charge is 0.390 e. The summed E-state index contributed by atoms with van der Waals surface area (Å²) >= 11 is 0. The molecule has 0 bridgehead atoms. The molecule has 1 aliphatic heterocycles. The molecule has 0 aliphatic carbocycles. The average Bonchev–Trinajstić information content (AvgIpc) is 3.13. The molecule has 3 heterocycles. The lowest BCUT2D eigenvalue weighted by Crippen LogP contribution is -2.48. The van der Waals surface area contributed by atoms with Gasteiger partial charge in [0.2, 0.25) is 0 Å². The van der Waals surface area contributed by atoms with Crippen LogP contribution in [0.1, 0.15) is 17.0 Å². The summed E-state index contributed by atoms with van der Waals surface area (Å²) in [6.45, 7) is 10.5. The fraction of sp³-hybridized carbons (Fsp3) is 0.647. The minimum atomic E-state index is -0.376. The SMILES string of the molecule is Cc1nn(C)c(C)c1CN1CCN(CC(O)Cn2cccn2)CC1. The van der Waals surface area contributed by atoms with Crippen LogP contribution in [-0.2, 0) is 20.1 Å². The van der Waals surface area contributed by atoms with Crippen LogP contribution in [0.2, 0.25) is 0 Å². The molecule has 2 aromatic heterocycles. The maximum absolute atomic E-state index is 10.2. The van der Waals surface area contributed by atoms with Gasteiger partial charge in [-0.1, -0.05) is 0 Å². The van der Waals surface area contributed by atoms with E-state index in [-0.39, 0.29) is 6.10 Å². The highest BCUT2D eigenvalue weighted by Crippen LogP contribution is 2.16. The summed E-state index contributed by atoms with van der Waals surface area (Å²) in [7, 11) is 2.00. The van der Waals surface area contributed by atoms with Crippen molar-refractivity contribution in [3.05, 3.63) is 35.4 Å². The van der Waals surface area contributed by atoms with E-state index in [0.29, 0.717) is 13.1 Å². The normalized spacial score (nSPS) is 18.2. The van der Waals surface area contributed by atoms with Gasteiger partial charge in [-0.05, 0) is 19.9 Å². The molecule has 0 amide bonds. The molecule has 2 aromatic rings. The molecule has 7 heteroatoms. The van der Waals surface area contributed by atoms with Crippen molar-refractivity contribution in [2.45, 2.75) is 33.0 Å². The lowest BCUT2D eigenvalue weighted by atomic mass is 10.1. The van der Waals surface area contributed by atoms with E-state index in [9.17, 15) is 5.11 Å². The van der Waals surface area contributed by atoms with E-state index in [1.165, 1.54) is 11.3 Å². The van der Waals surface area contributed by atoms with Crippen molar-refractivity contribution < 1.29 is 5.11 Å². The first-order chi connectivity index (χ1) is 11.5. The molecule has 1 aliphatic rings. The van der Waals surface area contributed by atoms with Gasteiger partial charge in [0.1, 0.15) is 0 Å². The summed E-state index contributed by atoms with van der Waals surface area (Å²) < 4.78 is 3.75. The van der Waals surface area contributed by atoms with E-state index in [4.69, 9.17) is 0 Å². The summed E-state index contributed by atoms with van der Waals surface area (Å²) in [5.41, 5.74) is 3.74. The second-order valence-corrected chi connectivity index (χ2v) is 6.73. The number of aromatic nitrogens is 4. The highest BCUT2D eigenvalue weighted by molar-refractivity contribution is 5.24. The molecule has 3 rings (SSSR count). The Kier molecular flexibility index (Phi) is 5.33. The van der Waals surface area contributed by atoms with Gasteiger partial charge in [-0.15, -0.1) is 0 Å². The van der Waals surface area contributed by atoms with E-state index in [1.54, 1.807) is 10.9 Å². The van der Waals surface area contributed by atoms with Crippen LogP contribution in [0.3, 0.4) is 0 Å². The molecular weight excluding hydrogens is 304 g/mol. The number of nitrogens with zero attached hydrogens (tertiary/aromatic N) is 6. The number of β-amino-alcohol motifs (C(OH)–C–C–N with tert-alkyl or cyclic N) is 1. The summed E-state index contributed by atoms with van der Waals surface area (Å²) in [6, 6.07) is 1.88. The minimum Gasteiger partial charge on any atom is -0.390 e. The van der Waals surface area contributed by atoms with Crippen molar-refractivity contribution in [1.82, 2.24) is 29.4 Å². The molecule has 132 valence electrons. The van der Waals surface area contributed by atoms with Crippen molar-refractivity contribution in [2.24, 2.45) is 7.05 Å². The molecule has 1 fully saturated rings. The first kappa shape index (κ1) is 17.1. The van der Waals surface area contributed by atoms with E-state index >= 15 is 0 Å². The van der Waals surface area contributed by atoms with Crippen LogP contribution in [0.15, 0.2) is 18.5 Å². The highest BCUT2D eigenvalue weighted by Gasteiger charge is 2.21. The molecule has 0 aromatic carbocycles. The van der Waals surface area contributed by atoms with E-state index in [0.717, 1.165) is 38.4 Å². The molecular formula is C17H28N6O. The smallest absolute Gasteiger partial charge is 0.0862 e. The molecule has 1 saturated heterocycles. The molecule has 0 spiro atoms. The molecule has 7 nitrogen and oxygen atoms in total. The first-order valence-electron chi connectivity index (χ1n) is 8.62. The number of hydrogen-bond donors (Lipinski definition) is 1. The second kappa shape index (κ2) is 7.46. The van der Waals surface area contributed by atoms with Crippen LogP contribution in [-0.4, -0.2) is 73.3 Å². The van der Waals surface area contributed by atoms with Gasteiger partial charge in [0.15, 0.2) is 0 Å². The van der Waals surface area contributed by atoms with Crippen molar-refractivity contribution >= 4 is 0 Å².